The highest BCUT2D eigenvalue weighted by molar-refractivity contribution is 7.05. The molecule has 0 radical (unpaired) electrons. The van der Waals surface area contributed by atoms with Crippen LogP contribution < -0.4 is 10.5 Å². The van der Waals surface area contributed by atoms with Crippen molar-refractivity contribution in [2.24, 2.45) is 5.73 Å². The van der Waals surface area contributed by atoms with Crippen molar-refractivity contribution in [1.29, 1.82) is 0 Å². The van der Waals surface area contributed by atoms with E-state index in [9.17, 15) is 0 Å². The molecule has 0 saturated carbocycles. The predicted molar refractivity (Wildman–Crippen MR) is 68.4 cm³/mol. The molecule has 2 rings (SSSR count). The summed E-state index contributed by atoms with van der Waals surface area (Å²) in [7, 11) is 1.67. The smallest absolute Gasteiger partial charge is 0.127 e. The van der Waals surface area contributed by atoms with E-state index in [4.69, 9.17) is 10.5 Å². The molecule has 2 aromatic rings. The van der Waals surface area contributed by atoms with Crippen LogP contribution in [0, 0.1) is 13.8 Å². The summed E-state index contributed by atoms with van der Waals surface area (Å²) in [5.41, 5.74) is 9.50. The quantitative estimate of drug-likeness (QED) is 0.906. The van der Waals surface area contributed by atoms with E-state index < -0.39 is 0 Å². The zero-order valence-corrected chi connectivity index (χ0v) is 10.9. The number of nitrogens with two attached hydrogens (primary N) is 1. The summed E-state index contributed by atoms with van der Waals surface area (Å²) in [5, 5.41) is 3.81. The Hall–Kier alpha value is -1.46. The van der Waals surface area contributed by atoms with Gasteiger partial charge in [-0.1, -0.05) is 16.6 Å². The van der Waals surface area contributed by atoms with Crippen molar-refractivity contribution in [3.05, 3.63) is 39.9 Å². The molecule has 0 spiro atoms. The Bertz CT molecular complexity index is 511. The summed E-state index contributed by atoms with van der Waals surface area (Å²) >= 11 is 1.31. The highest BCUT2D eigenvalue weighted by atomic mass is 32.1. The zero-order chi connectivity index (χ0) is 12.4. The van der Waals surface area contributed by atoms with Gasteiger partial charge < -0.3 is 10.5 Å². The minimum absolute atomic E-state index is 0.232. The predicted octanol–water partition coefficient (Wildman–Crippen LogP) is 2.21. The van der Waals surface area contributed by atoms with Crippen molar-refractivity contribution in [3.63, 3.8) is 0 Å². The van der Waals surface area contributed by atoms with Crippen molar-refractivity contribution in [3.8, 4) is 5.75 Å². The summed E-state index contributed by atoms with van der Waals surface area (Å²) in [4.78, 5) is 0.937. The Morgan fingerprint density at radius 3 is 2.71 bits per heavy atom. The van der Waals surface area contributed by atoms with Gasteiger partial charge in [-0.3, -0.25) is 0 Å². The topological polar surface area (TPSA) is 61.0 Å². The van der Waals surface area contributed by atoms with E-state index in [1.165, 1.54) is 17.1 Å². The fourth-order valence-electron chi connectivity index (χ4n) is 1.79. The second kappa shape index (κ2) is 4.81. The van der Waals surface area contributed by atoms with E-state index in [1.807, 2.05) is 13.0 Å². The van der Waals surface area contributed by atoms with E-state index >= 15 is 0 Å². The molecule has 1 aromatic carbocycles. The average Bonchev–Trinajstić information content (AvgIpc) is 2.85. The van der Waals surface area contributed by atoms with E-state index in [0.29, 0.717) is 0 Å². The molecule has 0 saturated heterocycles. The molecular formula is C12H15N3OS. The molecule has 0 amide bonds. The standard InChI is InChI=1S/C12H15N3OS/c1-7-4-5-9(12(16-3)8(7)2)11(13)10-6-14-15-17-10/h4-6,11H,13H2,1-3H3. The normalized spacial score (nSPS) is 12.5. The Balaban J connectivity index is 2.49. The maximum atomic E-state index is 6.21. The van der Waals surface area contributed by atoms with Crippen LogP contribution in [0.4, 0.5) is 0 Å². The average molecular weight is 249 g/mol. The second-order valence-electron chi connectivity index (χ2n) is 3.93. The molecule has 0 fully saturated rings. The molecule has 90 valence electrons. The van der Waals surface area contributed by atoms with Crippen LogP contribution in [-0.2, 0) is 0 Å². The van der Waals surface area contributed by atoms with Gasteiger partial charge in [-0.2, -0.15) is 0 Å². The first-order valence-corrected chi connectivity index (χ1v) is 6.09. The summed E-state index contributed by atoms with van der Waals surface area (Å²) in [5.74, 6) is 0.853. The molecule has 1 unspecified atom stereocenters. The Labute approximate surface area is 105 Å². The highest BCUT2D eigenvalue weighted by Gasteiger charge is 2.18. The molecule has 0 bridgehead atoms. The first kappa shape index (κ1) is 12.0. The Kier molecular flexibility index (Phi) is 3.40. The van der Waals surface area contributed by atoms with Crippen molar-refractivity contribution < 1.29 is 4.74 Å². The van der Waals surface area contributed by atoms with Crippen LogP contribution in [0.1, 0.15) is 27.6 Å². The molecule has 2 N–H and O–H groups in total. The number of rotatable bonds is 3. The first-order chi connectivity index (χ1) is 8.15. The maximum absolute atomic E-state index is 6.21. The highest BCUT2D eigenvalue weighted by Crippen LogP contribution is 2.33. The summed E-state index contributed by atoms with van der Waals surface area (Å²) < 4.78 is 9.30. The summed E-state index contributed by atoms with van der Waals surface area (Å²) in [6, 6.07) is 3.83. The van der Waals surface area contributed by atoms with E-state index in [2.05, 4.69) is 22.6 Å². The number of hydrogen-bond donors (Lipinski definition) is 1. The van der Waals surface area contributed by atoms with Gasteiger partial charge in [-0.15, -0.1) is 5.10 Å². The fourth-order valence-corrected chi connectivity index (χ4v) is 2.32. The van der Waals surface area contributed by atoms with Crippen LogP contribution >= 0.6 is 11.5 Å². The SMILES string of the molecule is COc1c(C(N)c2cnns2)ccc(C)c1C. The van der Waals surface area contributed by atoms with Gasteiger partial charge in [0, 0.05) is 5.56 Å². The van der Waals surface area contributed by atoms with Gasteiger partial charge in [0.2, 0.25) is 0 Å². The fraction of sp³-hybridized carbons (Fsp3) is 0.333. The van der Waals surface area contributed by atoms with Crippen LogP contribution in [0.3, 0.4) is 0 Å². The maximum Gasteiger partial charge on any atom is 0.127 e. The first-order valence-electron chi connectivity index (χ1n) is 5.32. The third kappa shape index (κ3) is 2.16. The van der Waals surface area contributed by atoms with Gasteiger partial charge in [0.25, 0.3) is 0 Å². The third-order valence-electron chi connectivity index (χ3n) is 2.93. The van der Waals surface area contributed by atoms with Crippen molar-refractivity contribution in [2.75, 3.05) is 7.11 Å². The summed E-state index contributed by atoms with van der Waals surface area (Å²) in [6.45, 7) is 4.09. The van der Waals surface area contributed by atoms with E-state index in [0.717, 1.165) is 21.8 Å². The number of hydrogen-bond acceptors (Lipinski definition) is 5. The molecule has 0 aliphatic heterocycles. The minimum atomic E-state index is -0.232. The molecular weight excluding hydrogens is 234 g/mol. The monoisotopic (exact) mass is 249 g/mol. The Morgan fingerprint density at radius 2 is 2.12 bits per heavy atom. The molecule has 1 heterocycles. The van der Waals surface area contributed by atoms with Crippen molar-refractivity contribution in [2.45, 2.75) is 19.9 Å². The summed E-state index contributed by atoms with van der Waals surface area (Å²) in [6.07, 6.45) is 1.70. The number of aryl methyl sites for hydroxylation is 1. The molecule has 0 aliphatic carbocycles. The van der Waals surface area contributed by atoms with Crippen molar-refractivity contribution >= 4 is 11.5 Å². The number of nitrogens with zero attached hydrogens (tertiary/aromatic N) is 2. The van der Waals surface area contributed by atoms with Crippen LogP contribution in [-0.4, -0.2) is 16.7 Å². The molecule has 17 heavy (non-hydrogen) atoms. The minimum Gasteiger partial charge on any atom is -0.496 e. The number of aromatic nitrogens is 2. The van der Waals surface area contributed by atoms with Gasteiger partial charge in [-0.25, -0.2) is 0 Å². The number of methoxy groups -OCH3 is 1. The molecule has 5 heteroatoms. The van der Waals surface area contributed by atoms with Gasteiger partial charge in [-0.05, 0) is 36.5 Å². The number of benzene rings is 1. The Morgan fingerprint density at radius 1 is 1.35 bits per heavy atom. The molecule has 1 aromatic heterocycles. The lowest BCUT2D eigenvalue weighted by atomic mass is 9.99. The van der Waals surface area contributed by atoms with E-state index in [-0.39, 0.29) is 6.04 Å². The molecule has 1 atom stereocenters. The van der Waals surface area contributed by atoms with Crippen LogP contribution in [0.2, 0.25) is 0 Å². The van der Waals surface area contributed by atoms with Crippen LogP contribution in [0.5, 0.6) is 5.75 Å². The van der Waals surface area contributed by atoms with Gasteiger partial charge >= 0.3 is 0 Å². The van der Waals surface area contributed by atoms with Crippen LogP contribution in [0.15, 0.2) is 18.3 Å². The second-order valence-corrected chi connectivity index (χ2v) is 4.74. The molecule has 4 nitrogen and oxygen atoms in total. The lowest BCUT2D eigenvalue weighted by molar-refractivity contribution is 0.404. The lowest BCUT2D eigenvalue weighted by Gasteiger charge is -2.17. The van der Waals surface area contributed by atoms with Gasteiger partial charge in [0.1, 0.15) is 5.75 Å². The van der Waals surface area contributed by atoms with E-state index in [1.54, 1.807) is 13.3 Å². The lowest BCUT2D eigenvalue weighted by Crippen LogP contribution is -2.12. The largest absolute Gasteiger partial charge is 0.496 e. The zero-order valence-electron chi connectivity index (χ0n) is 10.1. The van der Waals surface area contributed by atoms with Gasteiger partial charge in [0.05, 0.1) is 24.2 Å². The number of ether oxygens (including phenoxy) is 1. The van der Waals surface area contributed by atoms with Gasteiger partial charge in [0.15, 0.2) is 0 Å². The molecule has 0 aliphatic rings. The van der Waals surface area contributed by atoms with Crippen LogP contribution in [0.25, 0.3) is 0 Å². The van der Waals surface area contributed by atoms with Crippen molar-refractivity contribution in [1.82, 2.24) is 9.59 Å². The third-order valence-corrected chi connectivity index (χ3v) is 3.68.